The second-order valence-electron chi connectivity index (χ2n) is 6.24. The molecule has 1 aromatic heterocycles. The molecular weight excluding hydrogens is 286 g/mol. The van der Waals surface area contributed by atoms with E-state index in [0.29, 0.717) is 31.5 Å². The van der Waals surface area contributed by atoms with Gasteiger partial charge in [0.1, 0.15) is 0 Å². The van der Waals surface area contributed by atoms with Crippen LogP contribution in [0.25, 0.3) is 0 Å². The maximum atomic E-state index is 12.8. The molecule has 2 aliphatic rings. The molecule has 0 aliphatic heterocycles. The Kier molecular flexibility index (Phi) is 4.28. The minimum Gasteiger partial charge on any atom is -0.316 e. The van der Waals surface area contributed by atoms with Gasteiger partial charge in [0.2, 0.25) is 0 Å². The number of pyridine rings is 1. The second kappa shape index (κ2) is 6.02. The molecule has 6 heteroatoms. The highest BCUT2D eigenvalue weighted by molar-refractivity contribution is 7.89. The molecule has 116 valence electrons. The van der Waals surface area contributed by atoms with Gasteiger partial charge in [0.15, 0.2) is 5.03 Å². The van der Waals surface area contributed by atoms with E-state index < -0.39 is 10.0 Å². The van der Waals surface area contributed by atoms with Crippen LogP contribution in [0.2, 0.25) is 0 Å². The smallest absolute Gasteiger partial charge is 0.260 e. The summed E-state index contributed by atoms with van der Waals surface area (Å²) in [6, 6.07) is 3.47. The predicted molar refractivity (Wildman–Crippen MR) is 81.2 cm³/mol. The van der Waals surface area contributed by atoms with Gasteiger partial charge < -0.3 is 5.32 Å². The summed E-state index contributed by atoms with van der Waals surface area (Å²) < 4.78 is 27.2. The summed E-state index contributed by atoms with van der Waals surface area (Å²) in [4.78, 5) is 4.18. The van der Waals surface area contributed by atoms with Crippen LogP contribution in [0.1, 0.15) is 31.2 Å². The quantitative estimate of drug-likeness (QED) is 0.792. The molecule has 3 rings (SSSR count). The lowest BCUT2D eigenvalue weighted by atomic mass is 10.3. The van der Waals surface area contributed by atoms with Crippen molar-refractivity contribution in [1.82, 2.24) is 14.6 Å². The first-order valence-corrected chi connectivity index (χ1v) is 9.13. The highest BCUT2D eigenvalue weighted by atomic mass is 32.2. The molecule has 5 nitrogen and oxygen atoms in total. The average Bonchev–Trinajstić information content (AvgIpc) is 3.34. The number of sulfonamides is 1. The van der Waals surface area contributed by atoms with E-state index in [0.717, 1.165) is 31.2 Å². The topological polar surface area (TPSA) is 62.3 Å². The van der Waals surface area contributed by atoms with Crippen LogP contribution in [0.3, 0.4) is 0 Å². The molecule has 2 aliphatic carbocycles. The Labute approximate surface area is 126 Å². The Morgan fingerprint density at radius 1 is 1.19 bits per heavy atom. The van der Waals surface area contributed by atoms with Crippen LogP contribution in [0.5, 0.6) is 0 Å². The summed E-state index contributed by atoms with van der Waals surface area (Å²) in [6.07, 6.45) is 6.28. The van der Waals surface area contributed by atoms with E-state index in [9.17, 15) is 8.42 Å². The van der Waals surface area contributed by atoms with Gasteiger partial charge in [0, 0.05) is 25.8 Å². The van der Waals surface area contributed by atoms with Crippen molar-refractivity contribution in [2.24, 2.45) is 11.8 Å². The standard InChI is InChI=1S/C15H23N3O2S/c1-16-8-14-6-7-15(17-9-14)21(19,20)18(10-12-2-3-12)11-13-4-5-13/h6-7,9,12-13,16H,2-5,8,10-11H2,1H3. The summed E-state index contributed by atoms with van der Waals surface area (Å²) in [7, 11) is -1.58. The molecule has 0 saturated heterocycles. The molecule has 1 heterocycles. The predicted octanol–water partition coefficient (Wildman–Crippen LogP) is 1.61. The first-order chi connectivity index (χ1) is 10.1. The van der Waals surface area contributed by atoms with Crippen LogP contribution >= 0.6 is 0 Å². The highest BCUT2D eigenvalue weighted by Gasteiger charge is 2.36. The van der Waals surface area contributed by atoms with Gasteiger partial charge in [-0.2, -0.15) is 4.31 Å². The molecule has 0 amide bonds. The lowest BCUT2D eigenvalue weighted by Gasteiger charge is -2.21. The molecule has 2 fully saturated rings. The van der Waals surface area contributed by atoms with Crippen molar-refractivity contribution in [3.8, 4) is 0 Å². The summed E-state index contributed by atoms with van der Waals surface area (Å²) >= 11 is 0. The normalized spacial score (nSPS) is 19.1. The Hall–Kier alpha value is -0.980. The lowest BCUT2D eigenvalue weighted by molar-refractivity contribution is 0.380. The minimum absolute atomic E-state index is 0.184. The van der Waals surface area contributed by atoms with Crippen molar-refractivity contribution < 1.29 is 8.42 Å². The summed E-state index contributed by atoms with van der Waals surface area (Å²) in [6.45, 7) is 2.03. The third-order valence-corrected chi connectivity index (χ3v) is 5.85. The fourth-order valence-corrected chi connectivity index (χ4v) is 3.96. The van der Waals surface area contributed by atoms with Crippen LogP contribution < -0.4 is 5.32 Å². The molecule has 0 radical (unpaired) electrons. The second-order valence-corrected chi connectivity index (χ2v) is 8.13. The van der Waals surface area contributed by atoms with Gasteiger partial charge >= 0.3 is 0 Å². The van der Waals surface area contributed by atoms with E-state index in [4.69, 9.17) is 0 Å². The first kappa shape index (κ1) is 14.9. The molecule has 0 bridgehead atoms. The van der Waals surface area contributed by atoms with Crippen molar-refractivity contribution in [3.05, 3.63) is 23.9 Å². The summed E-state index contributed by atoms with van der Waals surface area (Å²) in [5.74, 6) is 1.11. The van der Waals surface area contributed by atoms with Crippen molar-refractivity contribution in [1.29, 1.82) is 0 Å². The maximum absolute atomic E-state index is 12.8. The van der Waals surface area contributed by atoms with Crippen molar-refractivity contribution in [3.63, 3.8) is 0 Å². The van der Waals surface area contributed by atoms with Gasteiger partial charge in [-0.3, -0.25) is 0 Å². The monoisotopic (exact) mass is 309 g/mol. The van der Waals surface area contributed by atoms with Crippen LogP contribution in [0.4, 0.5) is 0 Å². The van der Waals surface area contributed by atoms with E-state index in [1.165, 1.54) is 0 Å². The summed E-state index contributed by atoms with van der Waals surface area (Å²) in [5.41, 5.74) is 0.993. The SMILES string of the molecule is CNCc1ccc(S(=O)(=O)N(CC2CC2)CC2CC2)nc1. The molecule has 0 atom stereocenters. The van der Waals surface area contributed by atoms with Crippen LogP contribution in [-0.4, -0.2) is 37.8 Å². The van der Waals surface area contributed by atoms with Gasteiger partial charge in [-0.1, -0.05) is 6.07 Å². The van der Waals surface area contributed by atoms with Gasteiger partial charge in [0.05, 0.1) is 0 Å². The fourth-order valence-electron chi connectivity index (χ4n) is 2.45. The number of rotatable bonds is 8. The third-order valence-electron chi connectivity index (χ3n) is 4.10. The Balaban J connectivity index is 1.77. The third kappa shape index (κ3) is 3.81. The van der Waals surface area contributed by atoms with Crippen molar-refractivity contribution in [2.45, 2.75) is 37.3 Å². The Morgan fingerprint density at radius 2 is 1.81 bits per heavy atom. The first-order valence-electron chi connectivity index (χ1n) is 7.69. The van der Waals surface area contributed by atoms with E-state index in [1.54, 1.807) is 16.6 Å². The zero-order valence-electron chi connectivity index (χ0n) is 12.5. The van der Waals surface area contributed by atoms with E-state index in [-0.39, 0.29) is 5.03 Å². The molecule has 0 spiro atoms. The molecule has 1 N–H and O–H groups in total. The average molecular weight is 309 g/mol. The van der Waals surface area contributed by atoms with E-state index in [2.05, 4.69) is 10.3 Å². The highest BCUT2D eigenvalue weighted by Crippen LogP contribution is 2.35. The Morgan fingerprint density at radius 3 is 2.24 bits per heavy atom. The number of aromatic nitrogens is 1. The Bertz CT molecular complexity index is 563. The summed E-state index contributed by atoms with van der Waals surface area (Å²) in [5, 5.41) is 3.22. The fraction of sp³-hybridized carbons (Fsp3) is 0.667. The number of hydrogen-bond donors (Lipinski definition) is 1. The minimum atomic E-state index is -3.44. The van der Waals surface area contributed by atoms with Crippen molar-refractivity contribution >= 4 is 10.0 Å². The van der Waals surface area contributed by atoms with E-state index in [1.807, 2.05) is 13.1 Å². The van der Waals surface area contributed by atoms with E-state index >= 15 is 0 Å². The van der Waals surface area contributed by atoms with Gasteiger partial charge in [-0.15, -0.1) is 0 Å². The molecule has 1 aromatic rings. The molecule has 0 aromatic carbocycles. The number of hydrogen-bond acceptors (Lipinski definition) is 4. The number of nitrogens with zero attached hydrogens (tertiary/aromatic N) is 2. The largest absolute Gasteiger partial charge is 0.316 e. The van der Waals surface area contributed by atoms with Crippen LogP contribution in [0.15, 0.2) is 23.4 Å². The zero-order valence-corrected chi connectivity index (χ0v) is 13.3. The maximum Gasteiger partial charge on any atom is 0.260 e. The van der Waals surface area contributed by atoms with Gasteiger partial charge in [0.25, 0.3) is 10.0 Å². The van der Waals surface area contributed by atoms with Gasteiger partial charge in [-0.25, -0.2) is 13.4 Å². The number of nitrogens with one attached hydrogen (secondary N) is 1. The molecular formula is C15H23N3O2S. The molecule has 2 saturated carbocycles. The van der Waals surface area contributed by atoms with Gasteiger partial charge in [-0.05, 0) is 56.2 Å². The van der Waals surface area contributed by atoms with Crippen LogP contribution in [-0.2, 0) is 16.6 Å². The molecule has 0 unspecified atom stereocenters. The zero-order chi connectivity index (χ0) is 14.9. The van der Waals surface area contributed by atoms with Crippen molar-refractivity contribution in [2.75, 3.05) is 20.1 Å². The van der Waals surface area contributed by atoms with Crippen LogP contribution in [0, 0.1) is 11.8 Å². The molecule has 21 heavy (non-hydrogen) atoms. The lowest BCUT2D eigenvalue weighted by Crippen LogP contribution is -2.35.